The van der Waals surface area contributed by atoms with Crippen molar-refractivity contribution in [3.05, 3.63) is 39.3 Å². The van der Waals surface area contributed by atoms with Gasteiger partial charge in [0.1, 0.15) is 0 Å². The monoisotopic (exact) mass is 332 g/mol. The van der Waals surface area contributed by atoms with E-state index < -0.39 is 0 Å². The molecule has 7 heteroatoms. The number of hydrogen-bond donors (Lipinski definition) is 2. The van der Waals surface area contributed by atoms with Gasteiger partial charge in [0.2, 0.25) is 5.91 Å². The number of aromatic nitrogens is 3. The minimum Gasteiger partial charge on any atom is -0.325 e. The van der Waals surface area contributed by atoms with Crippen LogP contribution in [0, 0.1) is 20.8 Å². The van der Waals surface area contributed by atoms with Gasteiger partial charge < -0.3 is 5.32 Å². The average molecular weight is 332 g/mol. The number of hydrogen-bond acceptors (Lipinski definition) is 4. The third-order valence-corrected chi connectivity index (χ3v) is 4.81. The first kappa shape index (κ1) is 15.9. The van der Waals surface area contributed by atoms with E-state index in [2.05, 4.69) is 15.5 Å². The standard InChI is InChI=1S/C16H20N4O2S/c1-9-6-10(2)14(11(3)7-9)17-13(21)8-23-16-19-18-15(22)20(16)12-4-5-12/h6-7,12H,4-5,8H2,1-3H3,(H,17,21)(H,18,22). The fourth-order valence-corrected chi connectivity index (χ4v) is 3.54. The van der Waals surface area contributed by atoms with Crippen LogP contribution in [0.3, 0.4) is 0 Å². The highest BCUT2D eigenvalue weighted by Crippen LogP contribution is 2.36. The fraction of sp³-hybridized carbons (Fsp3) is 0.438. The highest BCUT2D eigenvalue weighted by Gasteiger charge is 2.28. The van der Waals surface area contributed by atoms with Gasteiger partial charge in [-0.05, 0) is 44.7 Å². The molecule has 1 aromatic heterocycles. The molecule has 1 aliphatic rings. The molecular formula is C16H20N4O2S. The lowest BCUT2D eigenvalue weighted by atomic mass is 10.1. The molecule has 0 saturated heterocycles. The van der Waals surface area contributed by atoms with Crippen LogP contribution >= 0.6 is 11.8 Å². The third kappa shape index (κ3) is 3.50. The Morgan fingerprint density at radius 1 is 1.35 bits per heavy atom. The lowest BCUT2D eigenvalue weighted by Gasteiger charge is -2.12. The molecule has 1 aliphatic carbocycles. The van der Waals surface area contributed by atoms with Crippen LogP contribution in [0.2, 0.25) is 0 Å². The first-order valence-corrected chi connectivity index (χ1v) is 8.61. The molecule has 1 saturated carbocycles. The Morgan fingerprint density at radius 3 is 2.61 bits per heavy atom. The van der Waals surface area contributed by atoms with Crippen LogP contribution in [-0.4, -0.2) is 26.4 Å². The van der Waals surface area contributed by atoms with Gasteiger partial charge in [0.05, 0.1) is 5.75 Å². The Kier molecular flexibility index (Phi) is 4.30. The Balaban J connectivity index is 1.66. The van der Waals surface area contributed by atoms with Gasteiger partial charge in [-0.1, -0.05) is 29.5 Å². The van der Waals surface area contributed by atoms with Gasteiger partial charge in [0, 0.05) is 11.7 Å². The van der Waals surface area contributed by atoms with Crippen molar-refractivity contribution in [3.63, 3.8) is 0 Å². The zero-order chi connectivity index (χ0) is 16.6. The number of carbonyl (C=O) groups excluding carboxylic acids is 1. The average Bonchev–Trinajstić information content (AvgIpc) is 3.24. The summed E-state index contributed by atoms with van der Waals surface area (Å²) in [7, 11) is 0. The number of H-pyrrole nitrogens is 1. The van der Waals surface area contributed by atoms with Gasteiger partial charge >= 0.3 is 5.69 Å². The van der Waals surface area contributed by atoms with E-state index in [0.717, 1.165) is 29.7 Å². The summed E-state index contributed by atoms with van der Waals surface area (Å²) in [5.41, 5.74) is 3.95. The summed E-state index contributed by atoms with van der Waals surface area (Å²) in [5, 5.41) is 10.0. The van der Waals surface area contributed by atoms with Crippen molar-refractivity contribution in [1.29, 1.82) is 0 Å². The first-order chi connectivity index (χ1) is 11.0. The van der Waals surface area contributed by atoms with Gasteiger partial charge in [0.25, 0.3) is 0 Å². The summed E-state index contributed by atoms with van der Waals surface area (Å²) in [6, 6.07) is 4.34. The van der Waals surface area contributed by atoms with E-state index in [0.29, 0.717) is 5.16 Å². The van der Waals surface area contributed by atoms with E-state index in [1.54, 1.807) is 4.57 Å². The molecule has 6 nitrogen and oxygen atoms in total. The SMILES string of the molecule is Cc1cc(C)c(NC(=O)CSc2n[nH]c(=O)n2C2CC2)c(C)c1. The minimum atomic E-state index is -0.194. The van der Waals surface area contributed by atoms with Crippen LogP contribution in [0.15, 0.2) is 22.1 Å². The zero-order valence-electron chi connectivity index (χ0n) is 13.5. The predicted octanol–water partition coefficient (Wildman–Crippen LogP) is 2.56. The number of thioether (sulfide) groups is 1. The largest absolute Gasteiger partial charge is 0.344 e. The quantitative estimate of drug-likeness (QED) is 0.825. The summed E-state index contributed by atoms with van der Waals surface area (Å²) >= 11 is 1.29. The van der Waals surface area contributed by atoms with Crippen LogP contribution in [0.4, 0.5) is 5.69 Å². The maximum Gasteiger partial charge on any atom is 0.344 e. The van der Waals surface area contributed by atoms with Crippen LogP contribution in [-0.2, 0) is 4.79 Å². The molecule has 0 spiro atoms. The Bertz CT molecular complexity index is 782. The minimum absolute atomic E-state index is 0.0946. The molecule has 1 fully saturated rings. The highest BCUT2D eigenvalue weighted by atomic mass is 32.2. The fourth-order valence-electron chi connectivity index (χ4n) is 2.73. The molecule has 0 aliphatic heterocycles. The number of anilines is 1. The molecule has 2 N–H and O–H groups in total. The molecule has 0 unspecified atom stereocenters. The van der Waals surface area contributed by atoms with Crippen molar-refractivity contribution in [2.45, 2.75) is 44.8 Å². The number of nitrogens with zero attached hydrogens (tertiary/aromatic N) is 2. The van der Waals surface area contributed by atoms with Crippen molar-refractivity contribution in [2.75, 3.05) is 11.1 Å². The molecule has 1 aromatic carbocycles. The van der Waals surface area contributed by atoms with Gasteiger partial charge in [-0.25, -0.2) is 9.89 Å². The maximum atomic E-state index is 12.2. The van der Waals surface area contributed by atoms with Gasteiger partial charge in [-0.3, -0.25) is 9.36 Å². The van der Waals surface area contributed by atoms with E-state index in [1.807, 2.05) is 32.9 Å². The van der Waals surface area contributed by atoms with Crippen molar-refractivity contribution in [3.8, 4) is 0 Å². The zero-order valence-corrected chi connectivity index (χ0v) is 14.3. The lowest BCUT2D eigenvalue weighted by molar-refractivity contribution is -0.113. The summed E-state index contributed by atoms with van der Waals surface area (Å²) < 4.78 is 1.65. The predicted molar refractivity (Wildman–Crippen MR) is 91.1 cm³/mol. The van der Waals surface area contributed by atoms with E-state index in [4.69, 9.17) is 0 Å². The van der Waals surface area contributed by atoms with Gasteiger partial charge in [-0.2, -0.15) is 0 Å². The van der Waals surface area contributed by atoms with Crippen LogP contribution in [0.1, 0.15) is 35.6 Å². The normalized spacial score (nSPS) is 14.0. The lowest BCUT2D eigenvalue weighted by Crippen LogP contribution is -2.18. The number of nitrogens with one attached hydrogen (secondary N) is 2. The molecular weight excluding hydrogens is 312 g/mol. The smallest absolute Gasteiger partial charge is 0.325 e. The first-order valence-electron chi connectivity index (χ1n) is 7.63. The number of aryl methyl sites for hydroxylation is 3. The second-order valence-electron chi connectivity index (χ2n) is 6.02. The van der Waals surface area contributed by atoms with Gasteiger partial charge in [-0.15, -0.1) is 5.10 Å². The molecule has 0 atom stereocenters. The van der Waals surface area contributed by atoms with Gasteiger partial charge in [0.15, 0.2) is 5.16 Å². The Labute approximate surface area is 138 Å². The van der Waals surface area contributed by atoms with Crippen LogP contribution < -0.4 is 11.0 Å². The van der Waals surface area contributed by atoms with Crippen molar-refractivity contribution in [1.82, 2.24) is 14.8 Å². The number of rotatable bonds is 5. The summed E-state index contributed by atoms with van der Waals surface area (Å²) in [6.07, 6.45) is 2.00. The number of amides is 1. The van der Waals surface area contributed by atoms with E-state index in [-0.39, 0.29) is 23.4 Å². The molecule has 0 radical (unpaired) electrons. The van der Waals surface area contributed by atoms with Crippen molar-refractivity contribution >= 4 is 23.4 Å². The Hall–Kier alpha value is -2.02. The van der Waals surface area contributed by atoms with E-state index in [9.17, 15) is 9.59 Å². The number of benzene rings is 1. The topological polar surface area (TPSA) is 79.8 Å². The van der Waals surface area contributed by atoms with Crippen LogP contribution in [0.25, 0.3) is 0 Å². The number of carbonyl (C=O) groups is 1. The molecule has 2 aromatic rings. The molecule has 0 bridgehead atoms. The summed E-state index contributed by atoms with van der Waals surface area (Å²) in [5.74, 6) is 0.131. The molecule has 3 rings (SSSR count). The molecule has 122 valence electrons. The van der Waals surface area contributed by atoms with Crippen molar-refractivity contribution < 1.29 is 4.79 Å². The summed E-state index contributed by atoms with van der Waals surface area (Å²) in [6.45, 7) is 6.01. The number of aromatic amines is 1. The van der Waals surface area contributed by atoms with Crippen LogP contribution in [0.5, 0.6) is 0 Å². The van der Waals surface area contributed by atoms with Crippen molar-refractivity contribution in [2.24, 2.45) is 0 Å². The molecule has 23 heavy (non-hydrogen) atoms. The molecule has 1 heterocycles. The summed E-state index contributed by atoms with van der Waals surface area (Å²) in [4.78, 5) is 23.9. The second kappa shape index (κ2) is 6.23. The second-order valence-corrected chi connectivity index (χ2v) is 6.97. The Morgan fingerprint density at radius 2 is 2.00 bits per heavy atom. The van der Waals surface area contributed by atoms with E-state index >= 15 is 0 Å². The highest BCUT2D eigenvalue weighted by molar-refractivity contribution is 7.99. The van der Waals surface area contributed by atoms with E-state index in [1.165, 1.54) is 17.3 Å². The third-order valence-electron chi connectivity index (χ3n) is 3.86. The maximum absolute atomic E-state index is 12.2. The molecule has 1 amide bonds.